The smallest absolute Gasteiger partial charge is 0.101 e. The lowest BCUT2D eigenvalue weighted by Gasteiger charge is -2.59. The summed E-state index contributed by atoms with van der Waals surface area (Å²) in [6, 6.07) is 0. The Bertz CT molecular complexity index is 295. The predicted molar refractivity (Wildman–Crippen MR) is 69.5 cm³/mol. The van der Waals surface area contributed by atoms with Gasteiger partial charge in [0.25, 0.3) is 0 Å². The van der Waals surface area contributed by atoms with E-state index in [1.54, 1.807) is 0 Å². The van der Waals surface area contributed by atoms with E-state index in [0.29, 0.717) is 0 Å². The van der Waals surface area contributed by atoms with Crippen molar-refractivity contribution in [1.29, 1.82) is 0 Å². The van der Waals surface area contributed by atoms with Crippen LogP contribution >= 0.6 is 0 Å². The highest BCUT2D eigenvalue weighted by Gasteiger charge is 2.71. The van der Waals surface area contributed by atoms with E-state index < -0.39 is 88.4 Å². The molecule has 146 valence electrons. The molecule has 0 aliphatic heterocycles. The number of hydrogen-bond donors (Lipinski definition) is 0. The fourth-order valence-electron chi connectivity index (χ4n) is 3.15. The summed E-state index contributed by atoms with van der Waals surface area (Å²) in [5.41, 5.74) is -13.5. The maximum Gasteiger partial charge on any atom is 0.101 e. The van der Waals surface area contributed by atoms with Crippen molar-refractivity contribution in [1.82, 2.24) is 0 Å². The van der Waals surface area contributed by atoms with Crippen molar-refractivity contribution in [2.45, 2.75) is 0 Å². The molecule has 0 saturated carbocycles. The van der Waals surface area contributed by atoms with E-state index in [4.69, 9.17) is 0 Å². The quantitative estimate of drug-likeness (QED) is 0.410. The molecule has 0 atom stereocenters. The van der Waals surface area contributed by atoms with Gasteiger partial charge in [-0.3, -0.25) is 43.9 Å². The number of rotatable bonds is 13. The van der Waals surface area contributed by atoms with Gasteiger partial charge in [0, 0.05) is 0 Å². The third-order valence-corrected chi connectivity index (χ3v) is 5.39. The Balaban J connectivity index is 6.91. The SMILES string of the molecule is FCC(CF)(CF)C(CF)(CF)C(CF)(CF)C(CF)(CF)CF. The minimum Gasteiger partial charge on any atom is -0.250 e. The summed E-state index contributed by atoms with van der Waals surface area (Å²) in [5.74, 6) is 0. The van der Waals surface area contributed by atoms with Crippen LogP contribution in [-0.4, -0.2) is 66.7 Å². The molecule has 0 nitrogen and oxygen atoms in total. The minimum atomic E-state index is -3.48. The molecular weight excluding hydrogens is 358 g/mol. The monoisotopic (exact) mass is 378 g/mol. The van der Waals surface area contributed by atoms with E-state index in [1.165, 1.54) is 0 Å². The van der Waals surface area contributed by atoms with Crippen molar-refractivity contribution in [3.63, 3.8) is 0 Å². The lowest BCUT2D eigenvalue weighted by molar-refractivity contribution is -0.224. The summed E-state index contributed by atoms with van der Waals surface area (Å²) in [7, 11) is 0. The Morgan fingerprint density at radius 3 is 0.542 bits per heavy atom. The molecule has 0 rings (SSSR count). The molecule has 0 amide bonds. The molecule has 0 unspecified atom stereocenters. The molecule has 0 aliphatic rings. The molecule has 0 saturated heterocycles. The highest BCUT2D eigenvalue weighted by atomic mass is 19.2. The molecule has 0 spiro atoms. The topological polar surface area (TPSA) is 0 Å². The van der Waals surface area contributed by atoms with E-state index >= 15 is 0 Å². The molecule has 0 aromatic carbocycles. The first-order valence-corrected chi connectivity index (χ1v) is 6.96. The van der Waals surface area contributed by atoms with Crippen LogP contribution in [0.5, 0.6) is 0 Å². The van der Waals surface area contributed by atoms with Crippen LogP contribution in [0.2, 0.25) is 0 Å². The Kier molecular flexibility index (Phi) is 8.86. The van der Waals surface area contributed by atoms with Gasteiger partial charge in [-0.25, -0.2) is 0 Å². The van der Waals surface area contributed by atoms with Crippen molar-refractivity contribution in [2.75, 3.05) is 66.7 Å². The lowest BCUT2D eigenvalue weighted by Crippen LogP contribution is -2.69. The maximum atomic E-state index is 13.7. The second-order valence-electron chi connectivity index (χ2n) is 6.06. The Labute approximate surface area is 133 Å². The Morgan fingerprint density at radius 2 is 0.458 bits per heavy atom. The standard InChI is InChI=1S/C14H20F10/c15-1-11(2-16,3-17)13(7-21,8-22)14(9-23,10-24)12(4-18,5-19)6-20/h1-10H2. The van der Waals surface area contributed by atoms with Crippen LogP contribution in [0, 0.1) is 21.7 Å². The fraction of sp³-hybridized carbons (Fsp3) is 1.00. The third-order valence-electron chi connectivity index (χ3n) is 5.39. The zero-order chi connectivity index (χ0) is 19.1. The summed E-state index contributed by atoms with van der Waals surface area (Å²) < 4.78 is 135. The second-order valence-corrected chi connectivity index (χ2v) is 6.06. The second kappa shape index (κ2) is 9.12. The van der Waals surface area contributed by atoms with Gasteiger partial charge in [0.05, 0.1) is 48.4 Å². The van der Waals surface area contributed by atoms with E-state index in [2.05, 4.69) is 0 Å². The fourth-order valence-corrected chi connectivity index (χ4v) is 3.15. The maximum absolute atomic E-state index is 13.7. The average Bonchev–Trinajstić information content (AvgIpc) is 2.65. The van der Waals surface area contributed by atoms with Crippen LogP contribution in [0.15, 0.2) is 0 Å². The van der Waals surface area contributed by atoms with Crippen molar-refractivity contribution in [2.24, 2.45) is 21.7 Å². The molecule has 0 aromatic rings. The van der Waals surface area contributed by atoms with Crippen molar-refractivity contribution in [3.8, 4) is 0 Å². The third kappa shape index (κ3) is 2.77. The van der Waals surface area contributed by atoms with Crippen molar-refractivity contribution >= 4 is 0 Å². The summed E-state index contributed by atoms with van der Waals surface area (Å²) in [4.78, 5) is 0. The molecule has 0 aromatic heterocycles. The van der Waals surface area contributed by atoms with Gasteiger partial charge < -0.3 is 0 Å². The highest BCUT2D eigenvalue weighted by molar-refractivity contribution is 5.15. The van der Waals surface area contributed by atoms with Gasteiger partial charge in [-0.15, -0.1) is 0 Å². The zero-order valence-corrected chi connectivity index (χ0v) is 12.9. The van der Waals surface area contributed by atoms with Crippen molar-refractivity contribution < 1.29 is 43.9 Å². The Hall–Kier alpha value is -0.700. The van der Waals surface area contributed by atoms with Crippen LogP contribution in [0.1, 0.15) is 0 Å². The van der Waals surface area contributed by atoms with Gasteiger partial charge in [-0.2, -0.15) is 0 Å². The highest BCUT2D eigenvalue weighted by Crippen LogP contribution is 2.62. The molecule has 0 radical (unpaired) electrons. The first-order chi connectivity index (χ1) is 11.4. The van der Waals surface area contributed by atoms with E-state index in [-0.39, 0.29) is 0 Å². The van der Waals surface area contributed by atoms with E-state index in [1.807, 2.05) is 0 Å². The lowest BCUT2D eigenvalue weighted by atomic mass is 9.45. The average molecular weight is 378 g/mol. The first-order valence-electron chi connectivity index (χ1n) is 6.96. The van der Waals surface area contributed by atoms with Crippen LogP contribution in [-0.2, 0) is 0 Å². The predicted octanol–water partition coefficient (Wildman–Crippen LogP) is 4.63. The van der Waals surface area contributed by atoms with Crippen LogP contribution < -0.4 is 0 Å². The zero-order valence-electron chi connectivity index (χ0n) is 12.9. The van der Waals surface area contributed by atoms with Crippen LogP contribution in [0.25, 0.3) is 0 Å². The molecule has 0 fully saturated rings. The summed E-state index contributed by atoms with van der Waals surface area (Å²) in [6.07, 6.45) is 0. The molecule has 0 heterocycles. The molecular formula is C14H20F10. The van der Waals surface area contributed by atoms with Gasteiger partial charge in [-0.1, -0.05) is 0 Å². The minimum absolute atomic E-state index is 2.10. The van der Waals surface area contributed by atoms with Crippen LogP contribution in [0.4, 0.5) is 43.9 Å². The van der Waals surface area contributed by atoms with Gasteiger partial charge in [0.2, 0.25) is 0 Å². The van der Waals surface area contributed by atoms with E-state index in [9.17, 15) is 43.9 Å². The normalized spacial score (nSPS) is 14.2. The van der Waals surface area contributed by atoms with Gasteiger partial charge in [0.1, 0.15) is 40.0 Å². The van der Waals surface area contributed by atoms with E-state index in [0.717, 1.165) is 0 Å². The molecule has 0 aliphatic carbocycles. The molecule has 24 heavy (non-hydrogen) atoms. The van der Waals surface area contributed by atoms with Gasteiger partial charge in [0.15, 0.2) is 0 Å². The summed E-state index contributed by atoms with van der Waals surface area (Å²) in [6.45, 7) is -21.6. The van der Waals surface area contributed by atoms with Crippen molar-refractivity contribution in [3.05, 3.63) is 0 Å². The molecule has 10 heteroatoms. The first kappa shape index (κ1) is 23.3. The Morgan fingerprint density at radius 1 is 0.292 bits per heavy atom. The number of halogens is 10. The summed E-state index contributed by atoms with van der Waals surface area (Å²) in [5, 5.41) is 0. The largest absolute Gasteiger partial charge is 0.250 e. The number of alkyl halides is 10. The molecule has 0 N–H and O–H groups in total. The van der Waals surface area contributed by atoms with Gasteiger partial charge >= 0.3 is 0 Å². The summed E-state index contributed by atoms with van der Waals surface area (Å²) >= 11 is 0. The van der Waals surface area contributed by atoms with Gasteiger partial charge in [-0.05, 0) is 0 Å². The van der Waals surface area contributed by atoms with Crippen LogP contribution in [0.3, 0.4) is 0 Å². The molecule has 0 bridgehead atoms. The number of hydrogen-bond acceptors (Lipinski definition) is 0.